The van der Waals surface area contributed by atoms with Gasteiger partial charge >= 0.3 is 0 Å². The molecule has 0 saturated heterocycles. The van der Waals surface area contributed by atoms with Gasteiger partial charge in [-0.3, -0.25) is 0 Å². The van der Waals surface area contributed by atoms with Crippen molar-refractivity contribution in [3.8, 4) is 0 Å². The number of fused-ring (bicyclic) bond motifs is 1. The Balaban J connectivity index is 1.63. The van der Waals surface area contributed by atoms with Crippen molar-refractivity contribution in [3.05, 3.63) is 9.90 Å². The van der Waals surface area contributed by atoms with E-state index in [0.29, 0.717) is 6.04 Å². The molecule has 0 aromatic carbocycles. The van der Waals surface area contributed by atoms with E-state index in [4.69, 9.17) is 0 Å². The summed E-state index contributed by atoms with van der Waals surface area (Å²) in [6.07, 6.45) is 6.84. The smallest absolute Gasteiger partial charge is 0.214 e. The molecule has 1 fully saturated rings. The summed E-state index contributed by atoms with van der Waals surface area (Å²) in [6, 6.07) is 1.30. The summed E-state index contributed by atoms with van der Waals surface area (Å²) in [7, 11) is 4.35. The van der Waals surface area contributed by atoms with Crippen LogP contribution in [-0.4, -0.2) is 45.7 Å². The van der Waals surface area contributed by atoms with E-state index in [2.05, 4.69) is 57.0 Å². The number of nitrogens with one attached hydrogen (secondary N) is 1. The molecule has 1 aliphatic carbocycles. The summed E-state index contributed by atoms with van der Waals surface area (Å²) < 4.78 is 2.96. The van der Waals surface area contributed by atoms with Gasteiger partial charge in [-0.1, -0.05) is 11.3 Å². The summed E-state index contributed by atoms with van der Waals surface area (Å²) in [5.41, 5.74) is 0. The van der Waals surface area contributed by atoms with Crippen molar-refractivity contribution in [2.75, 3.05) is 19.4 Å². The van der Waals surface area contributed by atoms with Gasteiger partial charge in [-0.25, -0.2) is 4.98 Å². The van der Waals surface area contributed by atoms with Crippen molar-refractivity contribution >= 4 is 44.0 Å². The molecule has 0 atom stereocenters. The molecular weight excluding hydrogens is 373 g/mol. The van der Waals surface area contributed by atoms with E-state index in [1.165, 1.54) is 25.7 Å². The Morgan fingerprint density at radius 1 is 1.37 bits per heavy atom. The highest BCUT2D eigenvalue weighted by molar-refractivity contribution is 14.1. The molecule has 1 aliphatic rings. The van der Waals surface area contributed by atoms with E-state index in [0.717, 1.165) is 19.8 Å². The van der Waals surface area contributed by atoms with E-state index in [1.54, 1.807) is 11.3 Å². The average molecular weight is 391 g/mol. The molecular formula is C12H18IN5S. The maximum absolute atomic E-state index is 4.56. The molecule has 2 heterocycles. The fraction of sp³-hybridized carbons (Fsp3) is 0.667. The fourth-order valence-corrected chi connectivity index (χ4v) is 4.13. The van der Waals surface area contributed by atoms with E-state index < -0.39 is 0 Å². The Hall–Kier alpha value is -0.410. The number of rotatable bonds is 3. The van der Waals surface area contributed by atoms with E-state index >= 15 is 0 Å². The second-order valence-corrected chi connectivity index (χ2v) is 7.36. The second kappa shape index (κ2) is 5.53. The summed E-state index contributed by atoms with van der Waals surface area (Å²) in [6.45, 7) is 0. The van der Waals surface area contributed by atoms with Crippen molar-refractivity contribution in [2.24, 2.45) is 0 Å². The molecule has 7 heteroatoms. The number of anilines is 1. The van der Waals surface area contributed by atoms with Crippen LogP contribution in [0, 0.1) is 3.70 Å². The van der Waals surface area contributed by atoms with E-state index in [9.17, 15) is 0 Å². The largest absolute Gasteiger partial charge is 0.357 e. The number of hydrogen-bond acceptors (Lipinski definition) is 5. The number of halogens is 1. The molecule has 3 rings (SSSR count). The molecule has 0 spiro atoms. The number of nitrogens with zero attached hydrogens (tertiary/aromatic N) is 4. The van der Waals surface area contributed by atoms with Crippen LogP contribution in [0.1, 0.15) is 25.7 Å². The van der Waals surface area contributed by atoms with Gasteiger partial charge in [-0.2, -0.15) is 4.52 Å². The van der Waals surface area contributed by atoms with Crippen LogP contribution < -0.4 is 5.32 Å². The zero-order chi connectivity index (χ0) is 13.4. The van der Waals surface area contributed by atoms with Crippen LogP contribution in [0.3, 0.4) is 0 Å². The summed E-state index contributed by atoms with van der Waals surface area (Å²) in [4.78, 5) is 7.64. The van der Waals surface area contributed by atoms with Crippen molar-refractivity contribution in [2.45, 2.75) is 37.8 Å². The zero-order valence-corrected chi connectivity index (χ0v) is 14.1. The molecule has 1 N–H and O–H groups in total. The van der Waals surface area contributed by atoms with E-state index in [-0.39, 0.29) is 0 Å². The lowest BCUT2D eigenvalue weighted by molar-refractivity contribution is 0.221. The lowest BCUT2D eigenvalue weighted by atomic mass is 9.91. The highest BCUT2D eigenvalue weighted by Crippen LogP contribution is 2.27. The standard InChI is InChI=1S/C12H18IN5S/c1-17(2)9-5-3-8(4-6-9)15-11-16-18-10(13)7-14-12(18)19-11/h7-9H,3-6H2,1-2H3,(H,15,16)/t8-,9-. The van der Waals surface area contributed by atoms with Gasteiger partial charge in [0.2, 0.25) is 10.1 Å². The van der Waals surface area contributed by atoms with Crippen LogP contribution >= 0.6 is 33.9 Å². The Morgan fingerprint density at radius 2 is 2.11 bits per heavy atom. The average Bonchev–Trinajstić information content (AvgIpc) is 2.93. The third-order valence-electron chi connectivity index (χ3n) is 3.80. The molecule has 104 valence electrons. The first-order valence-electron chi connectivity index (χ1n) is 6.56. The van der Waals surface area contributed by atoms with Gasteiger partial charge < -0.3 is 10.2 Å². The van der Waals surface area contributed by atoms with Crippen LogP contribution in [0.4, 0.5) is 5.13 Å². The Bertz CT molecular complexity index is 555. The first kappa shape index (κ1) is 13.6. The maximum Gasteiger partial charge on any atom is 0.214 e. The molecule has 2 aromatic heterocycles. The van der Waals surface area contributed by atoms with Crippen LogP contribution in [0.5, 0.6) is 0 Å². The summed E-state index contributed by atoms with van der Waals surface area (Å²) >= 11 is 3.89. The minimum atomic E-state index is 0.560. The second-order valence-electron chi connectivity index (χ2n) is 5.30. The van der Waals surface area contributed by atoms with Gasteiger partial charge in [0, 0.05) is 12.1 Å². The van der Waals surface area contributed by atoms with Crippen LogP contribution in [0.2, 0.25) is 0 Å². The van der Waals surface area contributed by atoms with Gasteiger partial charge in [0.25, 0.3) is 0 Å². The highest BCUT2D eigenvalue weighted by Gasteiger charge is 2.23. The van der Waals surface area contributed by atoms with Crippen molar-refractivity contribution in [1.82, 2.24) is 19.5 Å². The quantitative estimate of drug-likeness (QED) is 0.818. The molecule has 5 nitrogen and oxygen atoms in total. The summed E-state index contributed by atoms with van der Waals surface area (Å²) in [5.74, 6) is 0. The predicted octanol–water partition coefficient (Wildman–Crippen LogP) is 2.68. The molecule has 19 heavy (non-hydrogen) atoms. The lowest BCUT2D eigenvalue weighted by Crippen LogP contribution is -2.36. The monoisotopic (exact) mass is 391 g/mol. The molecule has 1 saturated carbocycles. The zero-order valence-electron chi connectivity index (χ0n) is 11.1. The van der Waals surface area contributed by atoms with Gasteiger partial charge in [0.1, 0.15) is 3.70 Å². The minimum absolute atomic E-state index is 0.560. The van der Waals surface area contributed by atoms with Gasteiger partial charge in [-0.05, 0) is 62.4 Å². The molecule has 0 bridgehead atoms. The van der Waals surface area contributed by atoms with Crippen molar-refractivity contribution in [1.29, 1.82) is 0 Å². The molecule has 0 aliphatic heterocycles. The van der Waals surface area contributed by atoms with Crippen LogP contribution in [0.15, 0.2) is 6.20 Å². The molecule has 2 aromatic rings. The van der Waals surface area contributed by atoms with Gasteiger partial charge in [0.15, 0.2) is 0 Å². The fourth-order valence-electron chi connectivity index (χ4n) is 2.64. The van der Waals surface area contributed by atoms with Crippen molar-refractivity contribution < 1.29 is 0 Å². The first-order valence-corrected chi connectivity index (χ1v) is 8.46. The normalized spacial score (nSPS) is 24.2. The number of imidazole rings is 1. The van der Waals surface area contributed by atoms with Crippen molar-refractivity contribution in [3.63, 3.8) is 0 Å². The minimum Gasteiger partial charge on any atom is -0.357 e. The highest BCUT2D eigenvalue weighted by atomic mass is 127. The SMILES string of the molecule is CN(C)[C@H]1CC[C@H](Nc2nn3c(I)cnc3s2)CC1. The first-order chi connectivity index (χ1) is 9.13. The van der Waals surface area contributed by atoms with Crippen LogP contribution in [0.25, 0.3) is 4.96 Å². The lowest BCUT2D eigenvalue weighted by Gasteiger charge is -2.32. The van der Waals surface area contributed by atoms with Crippen LogP contribution in [-0.2, 0) is 0 Å². The van der Waals surface area contributed by atoms with E-state index in [1.807, 2.05) is 10.7 Å². The molecule has 0 amide bonds. The van der Waals surface area contributed by atoms with Gasteiger partial charge in [0.05, 0.1) is 6.20 Å². The Labute approximate surface area is 130 Å². The van der Waals surface area contributed by atoms with Gasteiger partial charge in [-0.15, -0.1) is 5.10 Å². The molecule has 0 radical (unpaired) electrons. The Morgan fingerprint density at radius 3 is 2.74 bits per heavy atom. The number of hydrogen-bond donors (Lipinski definition) is 1. The summed E-state index contributed by atoms with van der Waals surface area (Å²) in [5, 5.41) is 9.13. The topological polar surface area (TPSA) is 45.5 Å². The third kappa shape index (κ3) is 2.87. The Kier molecular flexibility index (Phi) is 3.95. The predicted molar refractivity (Wildman–Crippen MR) is 86.9 cm³/mol. The number of aromatic nitrogens is 3. The third-order valence-corrected chi connectivity index (χ3v) is 5.39. The maximum atomic E-state index is 4.56. The molecule has 0 unspecified atom stereocenters.